The van der Waals surface area contributed by atoms with Crippen molar-refractivity contribution in [1.82, 2.24) is 0 Å². The van der Waals surface area contributed by atoms with Gasteiger partial charge in [0.1, 0.15) is 0 Å². The van der Waals surface area contributed by atoms with Gasteiger partial charge in [0, 0.05) is 39.5 Å². The molecule has 3 saturated carbocycles. The van der Waals surface area contributed by atoms with Crippen molar-refractivity contribution in [3.63, 3.8) is 0 Å². The fraction of sp³-hybridized carbons (Fsp3) is 0.818. The molecule has 0 bridgehead atoms. The highest BCUT2D eigenvalue weighted by Gasteiger charge is 2.59. The number of nitrogens with zero attached hydrogens (tertiary/aromatic N) is 2. The Bertz CT molecular complexity index is 604. The van der Waals surface area contributed by atoms with Gasteiger partial charge in [-0.15, -0.1) is 0 Å². The molecule has 2 nitrogen and oxygen atoms in total. The van der Waals surface area contributed by atoms with E-state index in [1.54, 1.807) is 0 Å². The molecule has 3 aliphatic carbocycles. The van der Waals surface area contributed by atoms with E-state index in [0.717, 1.165) is 37.5 Å². The standard InChI is InChI=1S/C22H32N2/c1-14-8-9-18-20-17(10-11-22(18,5)24-7)15(2)12-16(19(14)20)13-21(3,4)23-6/h15-20H,1,8-13H2,2-5H3/t15-,16+,17+,18-,19-,20+,22-/m0/s1. The Morgan fingerprint density at radius 3 is 2.62 bits per heavy atom. The SMILES string of the molecule is [C-]#[N+]C(C)(C)C[C@H]1C[C@H](C)[C@H]2CC[C@](C)([N+]#[C-])[C@H]3CCC(=C)[C@@H]1[C@H]23. The Morgan fingerprint density at radius 2 is 2.00 bits per heavy atom. The zero-order chi connectivity index (χ0) is 17.7. The van der Waals surface area contributed by atoms with E-state index in [4.69, 9.17) is 13.1 Å². The predicted octanol–water partition coefficient (Wildman–Crippen LogP) is 6.02. The van der Waals surface area contributed by atoms with Crippen LogP contribution in [-0.2, 0) is 0 Å². The van der Waals surface area contributed by atoms with Crippen molar-refractivity contribution < 1.29 is 0 Å². The molecule has 0 aromatic carbocycles. The molecule has 24 heavy (non-hydrogen) atoms. The minimum Gasteiger partial charge on any atom is -0.311 e. The van der Waals surface area contributed by atoms with Gasteiger partial charge in [0.2, 0.25) is 11.1 Å². The lowest BCUT2D eigenvalue weighted by Gasteiger charge is -2.57. The van der Waals surface area contributed by atoms with Gasteiger partial charge in [-0.3, -0.25) is 0 Å². The fourth-order valence-electron chi connectivity index (χ4n) is 6.50. The number of allylic oxidation sites excluding steroid dienone is 1. The molecule has 2 heteroatoms. The third-order valence-electron chi connectivity index (χ3n) is 7.64. The van der Waals surface area contributed by atoms with Crippen molar-refractivity contribution >= 4 is 0 Å². The minimum atomic E-state index is -0.276. The van der Waals surface area contributed by atoms with Gasteiger partial charge < -0.3 is 9.69 Å². The third-order valence-corrected chi connectivity index (χ3v) is 7.64. The molecule has 0 aliphatic heterocycles. The Morgan fingerprint density at radius 1 is 1.29 bits per heavy atom. The molecule has 3 fully saturated rings. The summed E-state index contributed by atoms with van der Waals surface area (Å²) in [4.78, 5) is 8.02. The van der Waals surface area contributed by atoms with Crippen LogP contribution in [0.3, 0.4) is 0 Å². The fourth-order valence-corrected chi connectivity index (χ4v) is 6.50. The molecular weight excluding hydrogens is 292 g/mol. The Kier molecular flexibility index (Phi) is 4.32. The molecule has 3 rings (SSSR count). The molecule has 7 atom stereocenters. The average Bonchev–Trinajstić information content (AvgIpc) is 2.53. The summed E-state index contributed by atoms with van der Waals surface area (Å²) in [7, 11) is 0. The highest BCUT2D eigenvalue weighted by atomic mass is 14.8. The maximum atomic E-state index is 7.81. The summed E-state index contributed by atoms with van der Waals surface area (Å²) in [5, 5.41) is 0. The van der Waals surface area contributed by atoms with Crippen molar-refractivity contribution in [2.24, 2.45) is 35.5 Å². The molecule has 0 radical (unpaired) electrons. The van der Waals surface area contributed by atoms with Crippen LogP contribution in [0.25, 0.3) is 9.69 Å². The van der Waals surface area contributed by atoms with E-state index >= 15 is 0 Å². The van der Waals surface area contributed by atoms with Gasteiger partial charge >= 0.3 is 0 Å². The number of rotatable bonds is 2. The van der Waals surface area contributed by atoms with Crippen molar-refractivity contribution in [1.29, 1.82) is 0 Å². The van der Waals surface area contributed by atoms with Crippen LogP contribution >= 0.6 is 0 Å². The lowest BCUT2D eigenvalue weighted by Crippen LogP contribution is -2.55. The summed E-state index contributed by atoms with van der Waals surface area (Å²) in [6.45, 7) is 28.6. The first-order chi connectivity index (χ1) is 11.2. The number of hydrogen-bond acceptors (Lipinski definition) is 0. The first kappa shape index (κ1) is 17.5. The summed E-state index contributed by atoms with van der Waals surface area (Å²) in [5.74, 6) is 3.78. The molecule has 0 N–H and O–H groups in total. The molecule has 0 heterocycles. The zero-order valence-corrected chi connectivity index (χ0v) is 15.8. The summed E-state index contributed by atoms with van der Waals surface area (Å²) < 4.78 is 0. The molecule has 0 saturated heterocycles. The van der Waals surface area contributed by atoms with Crippen molar-refractivity contribution in [2.75, 3.05) is 0 Å². The summed E-state index contributed by atoms with van der Waals surface area (Å²) in [6.07, 6.45) is 6.75. The van der Waals surface area contributed by atoms with E-state index in [1.165, 1.54) is 18.4 Å². The van der Waals surface area contributed by atoms with E-state index in [9.17, 15) is 0 Å². The van der Waals surface area contributed by atoms with Crippen LogP contribution in [0.1, 0.15) is 66.2 Å². The lowest BCUT2D eigenvalue weighted by molar-refractivity contribution is -0.0535. The normalized spacial score (nSPS) is 45.0. The monoisotopic (exact) mass is 324 g/mol. The van der Waals surface area contributed by atoms with E-state index in [2.05, 4.69) is 44.0 Å². The van der Waals surface area contributed by atoms with Gasteiger partial charge in [0.25, 0.3) is 0 Å². The smallest absolute Gasteiger partial charge is 0.233 e. The molecular formula is C22H32N2. The maximum absolute atomic E-state index is 7.81. The van der Waals surface area contributed by atoms with Crippen LogP contribution in [0.4, 0.5) is 0 Å². The summed E-state index contributed by atoms with van der Waals surface area (Å²) in [6, 6.07) is 0. The van der Waals surface area contributed by atoms with Crippen LogP contribution in [0.15, 0.2) is 12.2 Å². The molecule has 0 aromatic heterocycles. The highest BCUT2D eigenvalue weighted by Crippen LogP contribution is 2.61. The Balaban J connectivity index is 1.97. The number of hydrogen-bond donors (Lipinski definition) is 0. The van der Waals surface area contributed by atoms with Gasteiger partial charge in [-0.25, -0.2) is 13.1 Å². The summed E-state index contributed by atoms with van der Waals surface area (Å²) in [5.41, 5.74) is 0.979. The molecule has 0 aromatic rings. The highest BCUT2D eigenvalue weighted by molar-refractivity contribution is 5.20. The van der Waals surface area contributed by atoms with Crippen LogP contribution in [0.2, 0.25) is 0 Å². The molecule has 0 spiro atoms. The van der Waals surface area contributed by atoms with E-state index < -0.39 is 0 Å². The minimum absolute atomic E-state index is 0.170. The first-order valence-corrected chi connectivity index (χ1v) is 9.67. The molecule has 0 amide bonds. The third kappa shape index (κ3) is 2.69. The van der Waals surface area contributed by atoms with Gasteiger partial charge in [0.15, 0.2) is 0 Å². The van der Waals surface area contributed by atoms with E-state index in [0.29, 0.717) is 23.7 Å². The summed E-state index contributed by atoms with van der Waals surface area (Å²) >= 11 is 0. The van der Waals surface area contributed by atoms with Gasteiger partial charge in [-0.1, -0.05) is 19.1 Å². The van der Waals surface area contributed by atoms with Crippen molar-refractivity contribution in [2.45, 2.75) is 77.3 Å². The topological polar surface area (TPSA) is 8.72 Å². The van der Waals surface area contributed by atoms with Crippen LogP contribution in [0, 0.1) is 48.7 Å². The van der Waals surface area contributed by atoms with Gasteiger partial charge in [-0.2, -0.15) is 0 Å². The molecule has 0 unspecified atom stereocenters. The first-order valence-electron chi connectivity index (χ1n) is 9.67. The maximum Gasteiger partial charge on any atom is 0.233 e. The van der Waals surface area contributed by atoms with Gasteiger partial charge in [0.05, 0.1) is 0 Å². The van der Waals surface area contributed by atoms with Crippen molar-refractivity contribution in [3.05, 3.63) is 35.0 Å². The molecule has 3 aliphatic rings. The molecule has 130 valence electrons. The predicted molar refractivity (Wildman–Crippen MR) is 99.1 cm³/mol. The lowest BCUT2D eigenvalue weighted by atomic mass is 9.46. The second-order valence-electron chi connectivity index (χ2n) is 9.68. The Labute approximate surface area is 148 Å². The van der Waals surface area contributed by atoms with E-state index in [-0.39, 0.29) is 11.1 Å². The van der Waals surface area contributed by atoms with Crippen molar-refractivity contribution in [3.8, 4) is 0 Å². The largest absolute Gasteiger partial charge is 0.311 e. The van der Waals surface area contributed by atoms with Crippen LogP contribution in [0.5, 0.6) is 0 Å². The van der Waals surface area contributed by atoms with Crippen LogP contribution in [-0.4, -0.2) is 11.1 Å². The average molecular weight is 325 g/mol. The van der Waals surface area contributed by atoms with E-state index in [1.807, 2.05) is 0 Å². The van der Waals surface area contributed by atoms with Crippen LogP contribution < -0.4 is 0 Å². The Hall–Kier alpha value is -1.28. The second-order valence-corrected chi connectivity index (χ2v) is 9.68. The quantitative estimate of drug-likeness (QED) is 0.434. The van der Waals surface area contributed by atoms with Gasteiger partial charge in [-0.05, 0) is 55.3 Å². The zero-order valence-electron chi connectivity index (χ0n) is 15.8. The second kappa shape index (κ2) is 5.91.